The maximum atomic E-state index is 12.7. The van der Waals surface area contributed by atoms with E-state index in [0.29, 0.717) is 30.9 Å². The Kier molecular flexibility index (Phi) is 5.41. The second kappa shape index (κ2) is 7.39. The average Bonchev–Trinajstić information content (AvgIpc) is 3.20. The lowest BCUT2D eigenvalue weighted by Gasteiger charge is -2.22. The summed E-state index contributed by atoms with van der Waals surface area (Å²) in [6, 6.07) is 5.27. The van der Waals surface area contributed by atoms with Gasteiger partial charge >= 0.3 is 0 Å². The zero-order chi connectivity index (χ0) is 18.0. The number of rotatable bonds is 6. The van der Waals surface area contributed by atoms with Crippen LogP contribution in [0.2, 0.25) is 0 Å². The quantitative estimate of drug-likeness (QED) is 0.834. The van der Waals surface area contributed by atoms with Gasteiger partial charge in [0.2, 0.25) is 15.9 Å². The van der Waals surface area contributed by atoms with Crippen molar-refractivity contribution in [1.29, 1.82) is 0 Å². The number of aryl methyl sites for hydroxylation is 1. The first kappa shape index (κ1) is 18.3. The van der Waals surface area contributed by atoms with Crippen molar-refractivity contribution >= 4 is 42.6 Å². The van der Waals surface area contributed by atoms with Gasteiger partial charge in [-0.1, -0.05) is 36.8 Å². The van der Waals surface area contributed by atoms with Crippen LogP contribution in [-0.2, 0) is 14.8 Å². The molecule has 0 radical (unpaired) electrons. The monoisotopic (exact) mass is 381 g/mol. The molecule has 1 aromatic carbocycles. The highest BCUT2D eigenvalue weighted by Gasteiger charge is 2.38. The van der Waals surface area contributed by atoms with Crippen LogP contribution in [0.15, 0.2) is 18.2 Å². The van der Waals surface area contributed by atoms with Crippen molar-refractivity contribution in [3.8, 4) is 0 Å². The summed E-state index contributed by atoms with van der Waals surface area (Å²) >= 11 is 1.41. The Hall–Kier alpha value is -1.51. The first-order chi connectivity index (χ1) is 11.9. The molecule has 1 unspecified atom stereocenters. The molecule has 0 spiro atoms. The minimum atomic E-state index is -3.38. The van der Waals surface area contributed by atoms with Gasteiger partial charge in [-0.05, 0) is 37.8 Å². The molecule has 1 fully saturated rings. The third-order valence-electron chi connectivity index (χ3n) is 4.47. The van der Waals surface area contributed by atoms with Gasteiger partial charge in [-0.15, -0.1) is 0 Å². The fraction of sp³-hybridized carbons (Fsp3) is 0.529. The Morgan fingerprint density at radius 1 is 1.44 bits per heavy atom. The van der Waals surface area contributed by atoms with Gasteiger partial charge in [-0.3, -0.25) is 4.79 Å². The van der Waals surface area contributed by atoms with Gasteiger partial charge < -0.3 is 5.32 Å². The SMILES string of the molecule is CCCCS(=O)(=O)N1CCCC1C(=O)Nc1nc2c(C)cccc2s1. The molecule has 1 N–H and O–H groups in total. The normalized spacial score (nSPS) is 18.7. The topological polar surface area (TPSA) is 79.4 Å². The van der Waals surface area contributed by atoms with E-state index in [0.717, 1.165) is 22.2 Å². The third-order valence-corrected chi connectivity index (χ3v) is 7.36. The van der Waals surface area contributed by atoms with E-state index in [-0.39, 0.29) is 11.7 Å². The molecule has 0 aliphatic carbocycles. The lowest BCUT2D eigenvalue weighted by Crippen LogP contribution is -2.44. The maximum Gasteiger partial charge on any atom is 0.244 e. The minimum absolute atomic E-state index is 0.105. The molecule has 8 heteroatoms. The molecule has 3 rings (SSSR count). The number of hydrogen-bond donors (Lipinski definition) is 1. The Morgan fingerprint density at radius 3 is 2.96 bits per heavy atom. The molecule has 1 aromatic heterocycles. The number of hydrogen-bond acceptors (Lipinski definition) is 5. The van der Waals surface area contributed by atoms with Crippen molar-refractivity contribution < 1.29 is 13.2 Å². The van der Waals surface area contributed by atoms with Gasteiger partial charge in [0.1, 0.15) is 6.04 Å². The third kappa shape index (κ3) is 3.86. The summed E-state index contributed by atoms with van der Waals surface area (Å²) in [6.07, 6.45) is 2.70. The molecular weight excluding hydrogens is 358 g/mol. The molecule has 1 saturated heterocycles. The molecule has 136 valence electrons. The lowest BCUT2D eigenvalue weighted by molar-refractivity contribution is -0.119. The summed E-state index contributed by atoms with van der Waals surface area (Å²) in [6.45, 7) is 4.36. The van der Waals surface area contributed by atoms with E-state index in [9.17, 15) is 13.2 Å². The predicted octanol–water partition coefficient (Wildman–Crippen LogP) is 3.14. The molecule has 6 nitrogen and oxygen atoms in total. The predicted molar refractivity (Wildman–Crippen MR) is 101 cm³/mol. The van der Waals surface area contributed by atoms with Crippen LogP contribution in [-0.4, -0.2) is 42.0 Å². The molecule has 25 heavy (non-hydrogen) atoms. The second-order valence-corrected chi connectivity index (χ2v) is 9.44. The summed E-state index contributed by atoms with van der Waals surface area (Å²) in [4.78, 5) is 17.1. The van der Waals surface area contributed by atoms with Crippen molar-refractivity contribution in [2.24, 2.45) is 0 Å². The Labute approximate surface area is 152 Å². The van der Waals surface area contributed by atoms with Gasteiger partial charge in [-0.25, -0.2) is 13.4 Å². The van der Waals surface area contributed by atoms with Crippen LogP contribution in [0.25, 0.3) is 10.2 Å². The largest absolute Gasteiger partial charge is 0.301 e. The smallest absolute Gasteiger partial charge is 0.244 e. The number of fused-ring (bicyclic) bond motifs is 1. The molecular formula is C17H23N3O3S2. The number of anilines is 1. The molecule has 0 saturated carbocycles. The molecule has 2 aromatic rings. The highest BCUT2D eigenvalue weighted by molar-refractivity contribution is 7.89. The van der Waals surface area contributed by atoms with Crippen LogP contribution in [0.4, 0.5) is 5.13 Å². The Bertz CT molecular complexity index is 876. The van der Waals surface area contributed by atoms with Gasteiger partial charge in [0, 0.05) is 6.54 Å². The molecule has 0 bridgehead atoms. The van der Waals surface area contributed by atoms with Gasteiger partial charge in [-0.2, -0.15) is 4.31 Å². The number of thiazole rings is 1. The number of carbonyl (C=O) groups excluding carboxylic acids is 1. The minimum Gasteiger partial charge on any atom is -0.301 e. The molecule has 2 heterocycles. The summed E-state index contributed by atoms with van der Waals surface area (Å²) in [7, 11) is -3.38. The molecule has 1 aliphatic rings. The van der Waals surface area contributed by atoms with Crippen molar-refractivity contribution in [1.82, 2.24) is 9.29 Å². The number of nitrogens with zero attached hydrogens (tertiary/aromatic N) is 2. The first-order valence-electron chi connectivity index (χ1n) is 8.59. The van der Waals surface area contributed by atoms with Crippen molar-refractivity contribution in [2.45, 2.75) is 45.6 Å². The number of para-hydroxylation sites is 1. The summed E-state index contributed by atoms with van der Waals surface area (Å²) in [5.74, 6) is -0.178. The first-order valence-corrected chi connectivity index (χ1v) is 11.0. The van der Waals surface area contributed by atoms with Crippen LogP contribution >= 0.6 is 11.3 Å². The molecule has 1 aliphatic heterocycles. The van der Waals surface area contributed by atoms with Crippen LogP contribution < -0.4 is 5.32 Å². The number of sulfonamides is 1. The van der Waals surface area contributed by atoms with Crippen LogP contribution in [0, 0.1) is 6.92 Å². The zero-order valence-corrected chi connectivity index (χ0v) is 16.1. The van der Waals surface area contributed by atoms with Crippen LogP contribution in [0.5, 0.6) is 0 Å². The van der Waals surface area contributed by atoms with Gasteiger partial charge in [0.25, 0.3) is 0 Å². The van der Waals surface area contributed by atoms with E-state index in [2.05, 4.69) is 10.3 Å². The van der Waals surface area contributed by atoms with E-state index in [1.807, 2.05) is 32.0 Å². The fourth-order valence-corrected chi connectivity index (χ4v) is 5.94. The van der Waals surface area contributed by atoms with Crippen LogP contribution in [0.3, 0.4) is 0 Å². The van der Waals surface area contributed by atoms with Gasteiger partial charge in [0.15, 0.2) is 5.13 Å². The van der Waals surface area contributed by atoms with Gasteiger partial charge in [0.05, 0.1) is 16.0 Å². The number of aromatic nitrogens is 1. The number of unbranched alkanes of at least 4 members (excludes halogenated alkanes) is 1. The summed E-state index contributed by atoms with van der Waals surface area (Å²) < 4.78 is 27.3. The van der Waals surface area contributed by atoms with E-state index in [1.165, 1.54) is 15.6 Å². The zero-order valence-electron chi connectivity index (χ0n) is 14.5. The summed E-state index contributed by atoms with van der Waals surface area (Å²) in [5.41, 5.74) is 1.93. The lowest BCUT2D eigenvalue weighted by atomic mass is 10.2. The van der Waals surface area contributed by atoms with Crippen molar-refractivity contribution in [3.63, 3.8) is 0 Å². The molecule has 1 amide bonds. The number of amides is 1. The number of nitrogens with one attached hydrogen (secondary N) is 1. The van der Waals surface area contributed by atoms with E-state index < -0.39 is 16.1 Å². The van der Waals surface area contributed by atoms with Crippen molar-refractivity contribution in [2.75, 3.05) is 17.6 Å². The van der Waals surface area contributed by atoms with E-state index >= 15 is 0 Å². The van der Waals surface area contributed by atoms with Crippen LogP contribution in [0.1, 0.15) is 38.2 Å². The Morgan fingerprint density at radius 2 is 2.24 bits per heavy atom. The van der Waals surface area contributed by atoms with E-state index in [4.69, 9.17) is 0 Å². The number of benzene rings is 1. The standard InChI is InChI=1S/C17H23N3O3S2/c1-3-4-11-25(22,23)20-10-6-8-13(20)16(21)19-17-18-15-12(2)7-5-9-14(15)24-17/h5,7,9,13H,3-4,6,8,10-11H2,1-2H3,(H,18,19,21). The maximum absolute atomic E-state index is 12.7. The fourth-order valence-electron chi connectivity index (χ4n) is 3.11. The summed E-state index contributed by atoms with van der Waals surface area (Å²) in [5, 5.41) is 3.34. The Balaban J connectivity index is 1.76. The molecule has 1 atom stereocenters. The highest BCUT2D eigenvalue weighted by Crippen LogP contribution is 2.29. The average molecular weight is 382 g/mol. The van der Waals surface area contributed by atoms with E-state index in [1.54, 1.807) is 0 Å². The van der Waals surface area contributed by atoms with Crippen molar-refractivity contribution in [3.05, 3.63) is 23.8 Å². The number of carbonyl (C=O) groups is 1. The second-order valence-electron chi connectivity index (χ2n) is 6.37. The highest BCUT2D eigenvalue weighted by atomic mass is 32.2.